The molecule has 1 aromatic heterocycles. The minimum absolute atomic E-state index is 0.768. The number of nitrogens with zero attached hydrogens (tertiary/aromatic N) is 2. The fraction of sp³-hybridized carbons (Fsp3) is 0.167. The summed E-state index contributed by atoms with van der Waals surface area (Å²) in [7, 11) is 0. The summed E-state index contributed by atoms with van der Waals surface area (Å²) in [6, 6.07) is 6.27. The Hall–Kier alpha value is -1.90. The van der Waals surface area contributed by atoms with E-state index < -0.39 is 0 Å². The van der Waals surface area contributed by atoms with Gasteiger partial charge >= 0.3 is 0 Å². The molecule has 0 radical (unpaired) electrons. The first-order valence-electron chi connectivity index (χ1n) is 4.86. The predicted molar refractivity (Wildman–Crippen MR) is 61.2 cm³/mol. The topological polar surface area (TPSA) is 37.8 Å². The van der Waals surface area contributed by atoms with Crippen LogP contribution in [0.25, 0.3) is 0 Å². The van der Waals surface area contributed by atoms with Crippen LogP contribution in [0.15, 0.2) is 36.8 Å². The second-order valence-corrected chi connectivity index (χ2v) is 3.53. The molecule has 1 N–H and O–H groups in total. The number of hydrogen-bond acceptors (Lipinski definition) is 3. The van der Waals surface area contributed by atoms with Crippen molar-refractivity contribution in [3.05, 3.63) is 47.9 Å². The van der Waals surface area contributed by atoms with Crippen LogP contribution in [0.2, 0.25) is 0 Å². The molecule has 3 nitrogen and oxygen atoms in total. The van der Waals surface area contributed by atoms with Gasteiger partial charge in [-0.05, 0) is 25.5 Å². The van der Waals surface area contributed by atoms with E-state index >= 15 is 0 Å². The van der Waals surface area contributed by atoms with Crippen molar-refractivity contribution in [3.8, 4) is 0 Å². The van der Waals surface area contributed by atoms with Crippen LogP contribution in [0.5, 0.6) is 0 Å². The molecule has 0 aliphatic rings. The van der Waals surface area contributed by atoms with E-state index in [2.05, 4.69) is 47.3 Å². The van der Waals surface area contributed by atoms with Crippen LogP contribution in [-0.2, 0) is 0 Å². The van der Waals surface area contributed by atoms with Gasteiger partial charge in [-0.15, -0.1) is 0 Å². The Bertz CT molecular complexity index is 452. The Morgan fingerprint density at radius 2 is 2.00 bits per heavy atom. The first-order chi connectivity index (χ1) is 7.25. The van der Waals surface area contributed by atoms with Crippen molar-refractivity contribution >= 4 is 11.5 Å². The van der Waals surface area contributed by atoms with E-state index in [4.69, 9.17) is 0 Å². The zero-order chi connectivity index (χ0) is 10.7. The van der Waals surface area contributed by atoms with Crippen LogP contribution in [0.3, 0.4) is 0 Å². The standard InChI is InChI=1S/C12H13N3/c1-9-3-4-11(10(2)7-9)15-12-8-13-5-6-14-12/h3-8H,1-2H3,(H,14,15). The summed E-state index contributed by atoms with van der Waals surface area (Å²) in [5, 5.41) is 3.23. The van der Waals surface area contributed by atoms with Crippen LogP contribution >= 0.6 is 0 Å². The summed E-state index contributed by atoms with van der Waals surface area (Å²) < 4.78 is 0. The van der Waals surface area contributed by atoms with Gasteiger partial charge in [-0.2, -0.15) is 0 Å². The van der Waals surface area contributed by atoms with E-state index in [9.17, 15) is 0 Å². The summed E-state index contributed by atoms with van der Waals surface area (Å²) in [4.78, 5) is 8.17. The monoisotopic (exact) mass is 199 g/mol. The molecule has 0 bridgehead atoms. The molecule has 0 amide bonds. The van der Waals surface area contributed by atoms with Crippen molar-refractivity contribution < 1.29 is 0 Å². The molecule has 0 aliphatic carbocycles. The molecule has 1 aromatic carbocycles. The molecule has 2 rings (SSSR count). The van der Waals surface area contributed by atoms with E-state index in [0.29, 0.717) is 0 Å². The Morgan fingerprint density at radius 1 is 1.13 bits per heavy atom. The zero-order valence-electron chi connectivity index (χ0n) is 8.86. The maximum absolute atomic E-state index is 4.16. The first kappa shape index (κ1) is 9.65. The largest absolute Gasteiger partial charge is 0.339 e. The van der Waals surface area contributed by atoms with Crippen molar-refractivity contribution in [2.75, 3.05) is 5.32 Å². The highest BCUT2D eigenvalue weighted by Crippen LogP contribution is 2.19. The lowest BCUT2D eigenvalue weighted by molar-refractivity contribution is 1.19. The van der Waals surface area contributed by atoms with Gasteiger partial charge in [0.1, 0.15) is 5.82 Å². The number of rotatable bonds is 2. The average Bonchev–Trinajstić information content (AvgIpc) is 2.24. The van der Waals surface area contributed by atoms with Gasteiger partial charge in [0.05, 0.1) is 6.20 Å². The van der Waals surface area contributed by atoms with Crippen LogP contribution in [-0.4, -0.2) is 9.97 Å². The van der Waals surface area contributed by atoms with Gasteiger partial charge in [0.25, 0.3) is 0 Å². The lowest BCUT2D eigenvalue weighted by Crippen LogP contribution is -1.95. The molecule has 0 unspecified atom stereocenters. The number of nitrogens with one attached hydrogen (secondary N) is 1. The smallest absolute Gasteiger partial charge is 0.148 e. The molecule has 76 valence electrons. The molecule has 15 heavy (non-hydrogen) atoms. The fourth-order valence-electron chi connectivity index (χ4n) is 1.46. The van der Waals surface area contributed by atoms with E-state index in [1.54, 1.807) is 18.6 Å². The van der Waals surface area contributed by atoms with Gasteiger partial charge in [0, 0.05) is 18.1 Å². The van der Waals surface area contributed by atoms with Crippen molar-refractivity contribution in [3.63, 3.8) is 0 Å². The third kappa shape index (κ3) is 2.31. The van der Waals surface area contributed by atoms with E-state index in [0.717, 1.165) is 11.5 Å². The van der Waals surface area contributed by atoms with Crippen LogP contribution in [0, 0.1) is 13.8 Å². The van der Waals surface area contributed by atoms with Crippen LogP contribution in [0.1, 0.15) is 11.1 Å². The third-order valence-corrected chi connectivity index (χ3v) is 2.21. The molecule has 0 spiro atoms. The lowest BCUT2D eigenvalue weighted by atomic mass is 10.1. The Labute approximate surface area is 89.2 Å². The highest BCUT2D eigenvalue weighted by Gasteiger charge is 1.99. The number of aryl methyl sites for hydroxylation is 2. The quantitative estimate of drug-likeness (QED) is 0.808. The minimum atomic E-state index is 0.768. The second-order valence-electron chi connectivity index (χ2n) is 3.53. The molecular weight excluding hydrogens is 186 g/mol. The number of aromatic nitrogens is 2. The Kier molecular flexibility index (Phi) is 2.63. The SMILES string of the molecule is Cc1ccc(Nc2cnccn2)c(C)c1. The highest BCUT2D eigenvalue weighted by atomic mass is 15.0. The Balaban J connectivity index is 2.25. The zero-order valence-corrected chi connectivity index (χ0v) is 8.86. The lowest BCUT2D eigenvalue weighted by Gasteiger charge is -2.08. The van der Waals surface area contributed by atoms with Gasteiger partial charge < -0.3 is 5.32 Å². The third-order valence-electron chi connectivity index (χ3n) is 2.21. The molecular formula is C12H13N3. The van der Waals surface area contributed by atoms with Crippen molar-refractivity contribution in [1.82, 2.24) is 9.97 Å². The van der Waals surface area contributed by atoms with Crippen LogP contribution < -0.4 is 5.32 Å². The summed E-state index contributed by atoms with van der Waals surface area (Å²) in [6.07, 6.45) is 5.04. The maximum Gasteiger partial charge on any atom is 0.148 e. The Morgan fingerprint density at radius 3 is 2.67 bits per heavy atom. The van der Waals surface area contributed by atoms with Gasteiger partial charge in [-0.3, -0.25) is 4.98 Å². The van der Waals surface area contributed by atoms with Gasteiger partial charge in [-0.25, -0.2) is 4.98 Å². The normalized spacial score (nSPS) is 10.0. The molecule has 0 saturated carbocycles. The summed E-state index contributed by atoms with van der Waals surface area (Å²) >= 11 is 0. The average molecular weight is 199 g/mol. The molecule has 0 atom stereocenters. The number of anilines is 2. The van der Waals surface area contributed by atoms with Crippen molar-refractivity contribution in [1.29, 1.82) is 0 Å². The van der Waals surface area contributed by atoms with E-state index in [-0.39, 0.29) is 0 Å². The molecule has 0 fully saturated rings. The van der Waals surface area contributed by atoms with Crippen molar-refractivity contribution in [2.45, 2.75) is 13.8 Å². The molecule has 2 aromatic rings. The maximum atomic E-state index is 4.16. The minimum Gasteiger partial charge on any atom is -0.339 e. The second kappa shape index (κ2) is 4.09. The van der Waals surface area contributed by atoms with E-state index in [1.165, 1.54) is 11.1 Å². The molecule has 0 saturated heterocycles. The first-order valence-corrected chi connectivity index (χ1v) is 4.86. The van der Waals surface area contributed by atoms with Crippen LogP contribution in [0.4, 0.5) is 11.5 Å². The summed E-state index contributed by atoms with van der Waals surface area (Å²) in [5.74, 6) is 0.768. The summed E-state index contributed by atoms with van der Waals surface area (Å²) in [6.45, 7) is 4.16. The fourth-order valence-corrected chi connectivity index (χ4v) is 1.46. The molecule has 3 heteroatoms. The van der Waals surface area contributed by atoms with Gasteiger partial charge in [-0.1, -0.05) is 17.7 Å². The van der Waals surface area contributed by atoms with Crippen molar-refractivity contribution in [2.24, 2.45) is 0 Å². The predicted octanol–water partition coefficient (Wildman–Crippen LogP) is 2.84. The molecule has 1 heterocycles. The highest BCUT2D eigenvalue weighted by molar-refractivity contribution is 5.60. The van der Waals surface area contributed by atoms with Gasteiger partial charge in [0.2, 0.25) is 0 Å². The van der Waals surface area contributed by atoms with Gasteiger partial charge in [0.15, 0.2) is 0 Å². The molecule has 0 aliphatic heterocycles. The summed E-state index contributed by atoms with van der Waals surface area (Å²) in [5.41, 5.74) is 3.54. The number of benzene rings is 1. The number of hydrogen-bond donors (Lipinski definition) is 1. The van der Waals surface area contributed by atoms with E-state index in [1.807, 2.05) is 0 Å².